The van der Waals surface area contributed by atoms with Crippen LogP contribution in [0.1, 0.15) is 21.4 Å². The lowest BCUT2D eigenvalue weighted by molar-refractivity contribution is 0.0754. The molecule has 1 saturated heterocycles. The highest BCUT2D eigenvalue weighted by molar-refractivity contribution is 7.99. The monoisotopic (exact) mass is 370 g/mol. The molecule has 0 spiro atoms. The van der Waals surface area contributed by atoms with Crippen molar-refractivity contribution in [2.45, 2.75) is 5.37 Å². The van der Waals surface area contributed by atoms with Gasteiger partial charge in [-0.15, -0.1) is 16.9 Å². The van der Waals surface area contributed by atoms with Crippen LogP contribution in [0, 0.1) is 0 Å². The zero-order chi connectivity index (χ0) is 17.2. The molecule has 1 amide bonds. The van der Waals surface area contributed by atoms with Crippen molar-refractivity contribution < 1.29 is 4.79 Å². The van der Waals surface area contributed by atoms with E-state index < -0.39 is 0 Å². The first-order chi connectivity index (χ1) is 12.2. The van der Waals surface area contributed by atoms with Crippen molar-refractivity contribution in [1.29, 1.82) is 0 Å². The quantitative estimate of drug-likeness (QED) is 0.703. The topological polar surface area (TPSA) is 51.0 Å². The Balaban J connectivity index is 1.60. The highest BCUT2D eigenvalue weighted by Gasteiger charge is 2.33. The lowest BCUT2D eigenvalue weighted by Gasteiger charge is -2.23. The molecule has 1 aliphatic rings. The Kier molecular flexibility index (Phi) is 4.46. The number of halogens is 1. The second-order valence-corrected chi connectivity index (χ2v) is 7.19. The van der Waals surface area contributed by atoms with Gasteiger partial charge >= 0.3 is 0 Å². The highest BCUT2D eigenvalue weighted by Crippen LogP contribution is 2.41. The molecule has 1 atom stereocenters. The molecule has 1 unspecified atom stereocenters. The summed E-state index contributed by atoms with van der Waals surface area (Å²) in [4.78, 5) is 16.2. The van der Waals surface area contributed by atoms with E-state index in [1.54, 1.807) is 11.8 Å². The van der Waals surface area contributed by atoms with E-state index in [0.717, 1.165) is 17.0 Å². The smallest absolute Gasteiger partial charge is 0.277 e. The number of nitrogens with zero attached hydrogens (tertiary/aromatic N) is 4. The Labute approximate surface area is 154 Å². The van der Waals surface area contributed by atoms with Crippen LogP contribution in [-0.2, 0) is 0 Å². The lowest BCUT2D eigenvalue weighted by atomic mass is 10.2. The van der Waals surface area contributed by atoms with Gasteiger partial charge in [-0.25, -0.2) is 0 Å². The predicted octanol–water partition coefficient (Wildman–Crippen LogP) is 3.81. The second kappa shape index (κ2) is 6.90. The average molecular weight is 371 g/mol. The van der Waals surface area contributed by atoms with E-state index in [1.807, 2.05) is 59.5 Å². The van der Waals surface area contributed by atoms with Crippen LogP contribution >= 0.6 is 23.4 Å². The first-order valence-corrected chi connectivity index (χ1v) is 9.31. The van der Waals surface area contributed by atoms with Crippen molar-refractivity contribution in [1.82, 2.24) is 19.9 Å². The molecular formula is C18H15ClN4OS. The molecule has 2 aromatic carbocycles. The summed E-state index contributed by atoms with van der Waals surface area (Å²) in [7, 11) is 0. The number of carbonyl (C=O) groups is 1. The molecule has 0 N–H and O–H groups in total. The number of carbonyl (C=O) groups excluding carboxylic acids is 1. The van der Waals surface area contributed by atoms with Crippen LogP contribution in [0.25, 0.3) is 5.69 Å². The zero-order valence-corrected chi connectivity index (χ0v) is 14.8. The van der Waals surface area contributed by atoms with E-state index in [1.165, 1.54) is 11.0 Å². The van der Waals surface area contributed by atoms with Gasteiger partial charge in [-0.1, -0.05) is 48.0 Å². The first kappa shape index (κ1) is 16.2. The SMILES string of the molecule is O=C(c1cnn(-c2ccccc2)n1)N1CCSC1c1ccccc1Cl. The van der Waals surface area contributed by atoms with Crippen LogP contribution in [0.3, 0.4) is 0 Å². The molecule has 1 aliphatic heterocycles. The fraction of sp³-hybridized carbons (Fsp3) is 0.167. The van der Waals surface area contributed by atoms with Gasteiger partial charge in [-0.3, -0.25) is 4.79 Å². The third-order valence-corrected chi connectivity index (χ3v) is 5.61. The second-order valence-electron chi connectivity index (χ2n) is 5.60. The Morgan fingerprint density at radius 3 is 2.68 bits per heavy atom. The minimum absolute atomic E-state index is 0.0944. The summed E-state index contributed by atoms with van der Waals surface area (Å²) in [6.07, 6.45) is 1.52. The number of para-hydroxylation sites is 1. The number of amides is 1. The van der Waals surface area contributed by atoms with Gasteiger partial charge in [0.05, 0.1) is 11.9 Å². The lowest BCUT2D eigenvalue weighted by Crippen LogP contribution is -2.31. The van der Waals surface area contributed by atoms with Crippen molar-refractivity contribution in [3.63, 3.8) is 0 Å². The maximum Gasteiger partial charge on any atom is 0.277 e. The summed E-state index contributed by atoms with van der Waals surface area (Å²) < 4.78 is 0. The summed E-state index contributed by atoms with van der Waals surface area (Å²) in [5.41, 5.74) is 2.11. The van der Waals surface area contributed by atoms with E-state index in [0.29, 0.717) is 17.3 Å². The number of rotatable bonds is 3. The molecule has 5 nitrogen and oxygen atoms in total. The third-order valence-electron chi connectivity index (χ3n) is 4.02. The molecular weight excluding hydrogens is 356 g/mol. The number of benzene rings is 2. The maximum absolute atomic E-state index is 12.9. The molecule has 2 heterocycles. The largest absolute Gasteiger partial charge is 0.320 e. The molecule has 0 radical (unpaired) electrons. The number of thioether (sulfide) groups is 1. The van der Waals surface area contributed by atoms with E-state index in [4.69, 9.17) is 11.6 Å². The van der Waals surface area contributed by atoms with Crippen LogP contribution in [0.5, 0.6) is 0 Å². The standard InChI is InChI=1S/C18H15ClN4OS/c19-15-9-5-4-8-14(15)18-22(10-11-25-18)17(24)16-12-20-23(21-16)13-6-2-1-3-7-13/h1-9,12,18H,10-11H2. The van der Waals surface area contributed by atoms with E-state index in [9.17, 15) is 4.79 Å². The first-order valence-electron chi connectivity index (χ1n) is 7.89. The predicted molar refractivity (Wildman–Crippen MR) is 99.0 cm³/mol. The summed E-state index contributed by atoms with van der Waals surface area (Å²) in [6, 6.07) is 17.2. The fourth-order valence-corrected chi connectivity index (χ4v) is 4.40. The van der Waals surface area contributed by atoms with Crippen LogP contribution in [0.15, 0.2) is 60.8 Å². The summed E-state index contributed by atoms with van der Waals surface area (Å²) in [6.45, 7) is 0.664. The van der Waals surface area contributed by atoms with E-state index in [-0.39, 0.29) is 11.3 Å². The molecule has 1 aromatic heterocycles. The molecule has 126 valence electrons. The summed E-state index contributed by atoms with van der Waals surface area (Å²) in [5.74, 6) is 0.742. The van der Waals surface area contributed by atoms with Gasteiger partial charge in [0.1, 0.15) is 5.37 Å². The molecule has 0 saturated carbocycles. The minimum atomic E-state index is -0.128. The van der Waals surface area contributed by atoms with Crippen molar-refractivity contribution in [2.75, 3.05) is 12.3 Å². The van der Waals surface area contributed by atoms with Gasteiger partial charge in [0.15, 0.2) is 5.69 Å². The molecule has 0 bridgehead atoms. The van der Waals surface area contributed by atoms with E-state index >= 15 is 0 Å². The Morgan fingerprint density at radius 2 is 1.88 bits per heavy atom. The fourth-order valence-electron chi connectivity index (χ4n) is 2.80. The zero-order valence-electron chi connectivity index (χ0n) is 13.2. The molecule has 0 aliphatic carbocycles. The van der Waals surface area contributed by atoms with Crippen molar-refractivity contribution in [3.05, 3.63) is 77.1 Å². The summed E-state index contributed by atoms with van der Waals surface area (Å²) >= 11 is 8.03. The number of hydrogen-bond donors (Lipinski definition) is 0. The number of aromatic nitrogens is 3. The highest BCUT2D eigenvalue weighted by atomic mass is 35.5. The van der Waals surface area contributed by atoms with Gasteiger partial charge < -0.3 is 4.90 Å². The van der Waals surface area contributed by atoms with Crippen LogP contribution < -0.4 is 0 Å². The van der Waals surface area contributed by atoms with Crippen molar-refractivity contribution >= 4 is 29.3 Å². The number of hydrogen-bond acceptors (Lipinski definition) is 4. The maximum atomic E-state index is 12.9. The van der Waals surface area contributed by atoms with Gasteiger partial charge in [-0.05, 0) is 18.2 Å². The molecule has 25 heavy (non-hydrogen) atoms. The van der Waals surface area contributed by atoms with Crippen LogP contribution in [0.2, 0.25) is 5.02 Å². The van der Waals surface area contributed by atoms with Gasteiger partial charge in [0.2, 0.25) is 0 Å². The molecule has 4 rings (SSSR count). The molecule has 7 heteroatoms. The average Bonchev–Trinajstić information content (AvgIpc) is 3.32. The van der Waals surface area contributed by atoms with Crippen molar-refractivity contribution in [2.24, 2.45) is 0 Å². The Hall–Kier alpha value is -2.31. The van der Waals surface area contributed by atoms with Gasteiger partial charge in [0.25, 0.3) is 5.91 Å². The third kappa shape index (κ3) is 3.15. The van der Waals surface area contributed by atoms with Crippen LogP contribution in [-0.4, -0.2) is 38.1 Å². The van der Waals surface area contributed by atoms with E-state index in [2.05, 4.69) is 10.2 Å². The Bertz CT molecular complexity index is 899. The van der Waals surface area contributed by atoms with Crippen molar-refractivity contribution in [3.8, 4) is 5.69 Å². The Morgan fingerprint density at radius 1 is 1.12 bits per heavy atom. The molecule has 1 fully saturated rings. The van der Waals surface area contributed by atoms with Crippen LogP contribution in [0.4, 0.5) is 0 Å². The minimum Gasteiger partial charge on any atom is -0.320 e. The van der Waals surface area contributed by atoms with Gasteiger partial charge in [0, 0.05) is 22.9 Å². The molecule has 3 aromatic rings. The van der Waals surface area contributed by atoms with Gasteiger partial charge in [-0.2, -0.15) is 9.90 Å². The normalized spacial score (nSPS) is 17.0. The summed E-state index contributed by atoms with van der Waals surface area (Å²) in [5, 5.41) is 9.15.